The maximum absolute atomic E-state index is 12.7. The zero-order valence-electron chi connectivity index (χ0n) is 17.3. The molecule has 0 aliphatic carbocycles. The Morgan fingerprint density at radius 1 is 0.938 bits per heavy atom. The van der Waals surface area contributed by atoms with Crippen molar-refractivity contribution in [3.05, 3.63) is 118 Å². The van der Waals surface area contributed by atoms with E-state index in [1.54, 1.807) is 36.4 Å². The SMILES string of the molecule is CC(Nc1ccc(NC(=O)c2ccc(=O)n(-c3ccccc3)n2)cc1Cl)c1ccccc1. The highest BCUT2D eigenvalue weighted by Gasteiger charge is 2.13. The standard InChI is InChI=1S/C25H21ClN4O2/c1-17(18-8-4-2-5-9-18)27-22-13-12-19(16-21(22)26)28-25(32)23-14-15-24(31)30(29-23)20-10-6-3-7-11-20/h2-17,27H,1H3,(H,28,32). The molecular formula is C25H21ClN4O2. The lowest BCUT2D eigenvalue weighted by atomic mass is 10.1. The average Bonchev–Trinajstić information content (AvgIpc) is 2.82. The van der Waals surface area contributed by atoms with Crippen molar-refractivity contribution in [2.75, 3.05) is 10.6 Å². The van der Waals surface area contributed by atoms with E-state index in [2.05, 4.69) is 22.7 Å². The molecule has 0 aliphatic heterocycles. The summed E-state index contributed by atoms with van der Waals surface area (Å²) in [6, 6.07) is 27.0. The first-order valence-corrected chi connectivity index (χ1v) is 10.5. The van der Waals surface area contributed by atoms with Crippen molar-refractivity contribution in [2.24, 2.45) is 0 Å². The maximum atomic E-state index is 12.7. The lowest BCUT2D eigenvalue weighted by Gasteiger charge is -2.17. The van der Waals surface area contributed by atoms with Gasteiger partial charge in [-0.25, -0.2) is 0 Å². The highest BCUT2D eigenvalue weighted by Crippen LogP contribution is 2.29. The Hall–Kier alpha value is -3.90. The molecule has 1 aromatic heterocycles. The van der Waals surface area contributed by atoms with Crippen molar-refractivity contribution >= 4 is 28.9 Å². The largest absolute Gasteiger partial charge is 0.377 e. The van der Waals surface area contributed by atoms with Crippen molar-refractivity contribution < 1.29 is 4.79 Å². The first-order valence-electron chi connectivity index (χ1n) is 10.1. The third-order valence-electron chi connectivity index (χ3n) is 4.93. The molecule has 4 aromatic rings. The summed E-state index contributed by atoms with van der Waals surface area (Å²) in [6.07, 6.45) is 0. The van der Waals surface area contributed by atoms with Gasteiger partial charge >= 0.3 is 0 Å². The molecule has 6 nitrogen and oxygen atoms in total. The predicted octanol–water partition coefficient (Wildman–Crippen LogP) is 5.31. The van der Waals surface area contributed by atoms with Crippen molar-refractivity contribution in [2.45, 2.75) is 13.0 Å². The van der Waals surface area contributed by atoms with Gasteiger partial charge in [-0.15, -0.1) is 0 Å². The molecule has 1 heterocycles. The fraction of sp³-hybridized carbons (Fsp3) is 0.0800. The maximum Gasteiger partial charge on any atom is 0.276 e. The molecule has 1 unspecified atom stereocenters. The molecule has 7 heteroatoms. The van der Waals surface area contributed by atoms with Crippen LogP contribution in [0.2, 0.25) is 5.02 Å². The molecule has 3 aromatic carbocycles. The second-order valence-electron chi connectivity index (χ2n) is 7.23. The van der Waals surface area contributed by atoms with Crippen LogP contribution in [0, 0.1) is 0 Å². The summed E-state index contributed by atoms with van der Waals surface area (Å²) < 4.78 is 1.19. The number of rotatable bonds is 6. The summed E-state index contributed by atoms with van der Waals surface area (Å²) in [5, 5.41) is 10.8. The predicted molar refractivity (Wildman–Crippen MR) is 128 cm³/mol. The normalized spacial score (nSPS) is 11.6. The van der Waals surface area contributed by atoms with Crippen molar-refractivity contribution in [3.8, 4) is 5.69 Å². The summed E-state index contributed by atoms with van der Waals surface area (Å²) in [4.78, 5) is 24.9. The number of nitrogens with one attached hydrogen (secondary N) is 2. The van der Waals surface area contributed by atoms with E-state index in [1.807, 2.05) is 42.5 Å². The monoisotopic (exact) mass is 444 g/mol. The number of carbonyl (C=O) groups excluding carboxylic acids is 1. The Labute approximate surface area is 190 Å². The summed E-state index contributed by atoms with van der Waals surface area (Å²) in [5.41, 5.74) is 2.80. The zero-order chi connectivity index (χ0) is 22.5. The number of hydrogen-bond acceptors (Lipinski definition) is 4. The van der Waals surface area contributed by atoms with E-state index in [4.69, 9.17) is 11.6 Å². The van der Waals surface area contributed by atoms with Crippen LogP contribution in [0.3, 0.4) is 0 Å². The third-order valence-corrected chi connectivity index (χ3v) is 5.24. The van der Waals surface area contributed by atoms with Gasteiger partial charge in [-0.2, -0.15) is 9.78 Å². The first-order chi connectivity index (χ1) is 15.5. The lowest BCUT2D eigenvalue weighted by Crippen LogP contribution is -2.24. The fourth-order valence-corrected chi connectivity index (χ4v) is 3.48. The van der Waals surface area contributed by atoms with Crippen molar-refractivity contribution in [3.63, 3.8) is 0 Å². The van der Waals surface area contributed by atoms with E-state index in [0.717, 1.165) is 11.3 Å². The van der Waals surface area contributed by atoms with Gasteiger partial charge in [0.15, 0.2) is 0 Å². The number of hydrogen-bond donors (Lipinski definition) is 2. The minimum Gasteiger partial charge on any atom is -0.377 e. The van der Waals surface area contributed by atoms with E-state index in [0.29, 0.717) is 16.4 Å². The number of para-hydroxylation sites is 1. The quantitative estimate of drug-likeness (QED) is 0.422. The minimum absolute atomic E-state index is 0.0670. The zero-order valence-corrected chi connectivity index (χ0v) is 18.1. The van der Waals surface area contributed by atoms with Gasteiger partial charge in [-0.1, -0.05) is 60.1 Å². The number of anilines is 2. The average molecular weight is 445 g/mol. The summed E-state index contributed by atoms with van der Waals surface area (Å²) in [6.45, 7) is 2.05. The Morgan fingerprint density at radius 2 is 1.62 bits per heavy atom. The van der Waals surface area contributed by atoms with Crippen LogP contribution in [-0.2, 0) is 0 Å². The van der Waals surface area contributed by atoms with Gasteiger partial charge in [-0.05, 0) is 48.9 Å². The Morgan fingerprint density at radius 3 is 2.31 bits per heavy atom. The van der Waals surface area contributed by atoms with Crippen LogP contribution in [0.4, 0.5) is 11.4 Å². The molecule has 1 amide bonds. The number of benzene rings is 3. The smallest absolute Gasteiger partial charge is 0.276 e. The van der Waals surface area contributed by atoms with Crippen LogP contribution in [0.1, 0.15) is 29.0 Å². The fourth-order valence-electron chi connectivity index (χ4n) is 3.25. The van der Waals surface area contributed by atoms with Gasteiger partial charge < -0.3 is 10.6 Å². The molecule has 0 saturated heterocycles. The van der Waals surface area contributed by atoms with Crippen LogP contribution < -0.4 is 16.2 Å². The molecule has 0 radical (unpaired) electrons. The van der Waals surface area contributed by atoms with E-state index in [-0.39, 0.29) is 17.3 Å². The van der Waals surface area contributed by atoms with Crippen LogP contribution in [0.5, 0.6) is 0 Å². The molecular weight excluding hydrogens is 424 g/mol. The molecule has 4 rings (SSSR count). The Balaban J connectivity index is 1.49. The van der Waals surface area contributed by atoms with E-state index in [9.17, 15) is 9.59 Å². The minimum atomic E-state index is -0.441. The van der Waals surface area contributed by atoms with E-state index < -0.39 is 5.91 Å². The molecule has 1 atom stereocenters. The lowest BCUT2D eigenvalue weighted by molar-refractivity contribution is 0.102. The summed E-state index contributed by atoms with van der Waals surface area (Å²) >= 11 is 6.44. The first kappa shape index (κ1) is 21.3. The number of nitrogens with zero attached hydrogens (tertiary/aromatic N) is 2. The van der Waals surface area contributed by atoms with Crippen molar-refractivity contribution in [1.82, 2.24) is 9.78 Å². The number of halogens is 1. The number of aromatic nitrogens is 2. The van der Waals surface area contributed by atoms with Crippen LogP contribution in [0.25, 0.3) is 5.69 Å². The molecule has 2 N–H and O–H groups in total. The Bertz CT molecular complexity index is 1290. The van der Waals surface area contributed by atoms with Crippen LogP contribution in [-0.4, -0.2) is 15.7 Å². The van der Waals surface area contributed by atoms with E-state index in [1.165, 1.54) is 16.8 Å². The second-order valence-corrected chi connectivity index (χ2v) is 7.64. The third kappa shape index (κ3) is 4.87. The highest BCUT2D eigenvalue weighted by molar-refractivity contribution is 6.33. The van der Waals surface area contributed by atoms with Gasteiger partial charge in [0, 0.05) is 17.8 Å². The summed E-state index contributed by atoms with van der Waals surface area (Å²) in [7, 11) is 0. The number of carbonyl (C=O) groups is 1. The topological polar surface area (TPSA) is 76.0 Å². The van der Waals surface area contributed by atoms with Gasteiger partial charge in [0.1, 0.15) is 5.69 Å². The molecule has 0 aliphatic rings. The van der Waals surface area contributed by atoms with Gasteiger partial charge in [0.05, 0.1) is 16.4 Å². The molecule has 160 valence electrons. The van der Waals surface area contributed by atoms with Gasteiger partial charge in [0.25, 0.3) is 11.5 Å². The number of amides is 1. The molecule has 0 fully saturated rings. The van der Waals surface area contributed by atoms with Crippen LogP contribution in [0.15, 0.2) is 95.8 Å². The van der Waals surface area contributed by atoms with Gasteiger partial charge in [0.2, 0.25) is 0 Å². The molecule has 0 spiro atoms. The van der Waals surface area contributed by atoms with Crippen LogP contribution >= 0.6 is 11.6 Å². The van der Waals surface area contributed by atoms with Gasteiger partial charge in [-0.3, -0.25) is 9.59 Å². The highest BCUT2D eigenvalue weighted by atomic mass is 35.5. The van der Waals surface area contributed by atoms with E-state index >= 15 is 0 Å². The molecule has 0 bridgehead atoms. The summed E-state index contributed by atoms with van der Waals surface area (Å²) in [5.74, 6) is -0.441. The molecule has 32 heavy (non-hydrogen) atoms. The molecule has 0 saturated carbocycles. The van der Waals surface area contributed by atoms with Crippen molar-refractivity contribution in [1.29, 1.82) is 0 Å². The Kier molecular flexibility index (Phi) is 6.33. The second kappa shape index (κ2) is 9.49.